The lowest BCUT2D eigenvalue weighted by Crippen LogP contribution is -2.47. The summed E-state index contributed by atoms with van der Waals surface area (Å²) in [5.74, 6) is 1.05. The zero-order chi connectivity index (χ0) is 17.5. The van der Waals surface area contributed by atoms with Crippen LogP contribution in [0.2, 0.25) is 0 Å². The largest absolute Gasteiger partial charge is 0.487 e. The van der Waals surface area contributed by atoms with Gasteiger partial charge in [0.2, 0.25) is 5.91 Å². The van der Waals surface area contributed by atoms with E-state index >= 15 is 0 Å². The Balaban J connectivity index is 1.37. The van der Waals surface area contributed by atoms with Crippen molar-refractivity contribution in [3.05, 3.63) is 42.2 Å². The fourth-order valence-electron chi connectivity index (χ4n) is 2.79. The Morgan fingerprint density at radius 1 is 1.16 bits per heavy atom. The molecule has 1 saturated heterocycles. The van der Waals surface area contributed by atoms with E-state index in [-0.39, 0.29) is 5.91 Å². The maximum Gasteiger partial charge on any atom is 0.222 e. The van der Waals surface area contributed by atoms with Crippen molar-refractivity contribution in [2.75, 3.05) is 33.2 Å². The van der Waals surface area contributed by atoms with Crippen molar-refractivity contribution in [2.24, 2.45) is 0 Å². The molecule has 0 atom stereocenters. The zero-order valence-corrected chi connectivity index (χ0v) is 14.7. The highest BCUT2D eigenvalue weighted by Crippen LogP contribution is 2.10. The van der Waals surface area contributed by atoms with Gasteiger partial charge >= 0.3 is 0 Å². The highest BCUT2D eigenvalue weighted by molar-refractivity contribution is 5.76. The predicted molar refractivity (Wildman–Crippen MR) is 94.1 cm³/mol. The Labute approximate surface area is 148 Å². The van der Waals surface area contributed by atoms with Crippen LogP contribution < -0.4 is 4.74 Å². The SMILES string of the molecule is CN1CCN(C(=O)CCCn2cc(COc3ccccc3)nn2)CC1. The van der Waals surface area contributed by atoms with E-state index in [9.17, 15) is 4.79 Å². The van der Waals surface area contributed by atoms with Gasteiger partial charge in [-0.15, -0.1) is 5.10 Å². The average molecular weight is 343 g/mol. The summed E-state index contributed by atoms with van der Waals surface area (Å²) in [7, 11) is 2.09. The van der Waals surface area contributed by atoms with E-state index in [4.69, 9.17) is 4.74 Å². The van der Waals surface area contributed by atoms with Gasteiger partial charge in [0, 0.05) is 39.1 Å². The van der Waals surface area contributed by atoms with Crippen molar-refractivity contribution in [2.45, 2.75) is 26.0 Å². The van der Waals surface area contributed by atoms with E-state index in [1.165, 1.54) is 0 Å². The summed E-state index contributed by atoms with van der Waals surface area (Å²) in [6, 6.07) is 9.64. The summed E-state index contributed by atoms with van der Waals surface area (Å²) < 4.78 is 7.43. The number of carbonyl (C=O) groups excluding carboxylic acids is 1. The molecule has 2 aromatic rings. The highest BCUT2D eigenvalue weighted by Gasteiger charge is 2.18. The number of aryl methyl sites for hydroxylation is 1. The maximum absolute atomic E-state index is 12.2. The van der Waals surface area contributed by atoms with Gasteiger partial charge in [0.1, 0.15) is 18.1 Å². The molecule has 0 bridgehead atoms. The van der Waals surface area contributed by atoms with Gasteiger partial charge in [0.05, 0.1) is 6.20 Å². The molecular weight excluding hydrogens is 318 g/mol. The number of para-hydroxylation sites is 1. The number of rotatable bonds is 7. The molecular formula is C18H25N5O2. The fraction of sp³-hybridized carbons (Fsp3) is 0.500. The second-order valence-electron chi connectivity index (χ2n) is 6.36. The molecule has 134 valence electrons. The van der Waals surface area contributed by atoms with Gasteiger partial charge in [-0.2, -0.15) is 0 Å². The quantitative estimate of drug-likeness (QED) is 0.761. The summed E-state index contributed by atoms with van der Waals surface area (Å²) in [6.45, 7) is 4.67. The normalized spacial score (nSPS) is 15.3. The summed E-state index contributed by atoms with van der Waals surface area (Å²) in [4.78, 5) is 16.4. The minimum absolute atomic E-state index is 0.237. The van der Waals surface area contributed by atoms with Crippen LogP contribution in [0.15, 0.2) is 36.5 Å². The standard InChI is InChI=1S/C18H25N5O2/c1-21-10-12-22(13-11-21)18(24)8-5-9-23-14-16(19-20-23)15-25-17-6-3-2-4-7-17/h2-4,6-7,14H,5,8-13,15H2,1H3. The molecule has 0 aliphatic carbocycles. The number of benzene rings is 1. The zero-order valence-electron chi connectivity index (χ0n) is 14.7. The molecule has 7 nitrogen and oxygen atoms in total. The lowest BCUT2D eigenvalue weighted by atomic mass is 10.2. The van der Waals surface area contributed by atoms with Crippen LogP contribution in [0.25, 0.3) is 0 Å². The highest BCUT2D eigenvalue weighted by atomic mass is 16.5. The number of hydrogen-bond donors (Lipinski definition) is 0. The molecule has 7 heteroatoms. The topological polar surface area (TPSA) is 63.5 Å². The average Bonchev–Trinajstić information content (AvgIpc) is 3.09. The lowest BCUT2D eigenvalue weighted by Gasteiger charge is -2.32. The molecule has 0 N–H and O–H groups in total. The number of aromatic nitrogens is 3. The molecule has 3 rings (SSSR count). The molecule has 2 heterocycles. The van der Waals surface area contributed by atoms with Crippen LogP contribution in [0.1, 0.15) is 18.5 Å². The Morgan fingerprint density at radius 2 is 1.92 bits per heavy atom. The smallest absolute Gasteiger partial charge is 0.222 e. The van der Waals surface area contributed by atoms with E-state index < -0.39 is 0 Å². The second-order valence-corrected chi connectivity index (χ2v) is 6.36. The van der Waals surface area contributed by atoms with Gasteiger partial charge in [-0.3, -0.25) is 9.48 Å². The van der Waals surface area contributed by atoms with Gasteiger partial charge in [0.25, 0.3) is 0 Å². The minimum Gasteiger partial charge on any atom is -0.487 e. The van der Waals surface area contributed by atoms with E-state index in [2.05, 4.69) is 22.3 Å². The Morgan fingerprint density at radius 3 is 2.68 bits per heavy atom. The molecule has 0 saturated carbocycles. The summed E-state index contributed by atoms with van der Waals surface area (Å²) in [5.41, 5.74) is 0.786. The maximum atomic E-state index is 12.2. The first-order valence-electron chi connectivity index (χ1n) is 8.74. The van der Waals surface area contributed by atoms with Crippen LogP contribution >= 0.6 is 0 Å². The number of nitrogens with zero attached hydrogens (tertiary/aromatic N) is 5. The molecule has 25 heavy (non-hydrogen) atoms. The van der Waals surface area contributed by atoms with Crippen molar-refractivity contribution >= 4 is 5.91 Å². The van der Waals surface area contributed by atoms with Gasteiger partial charge in [-0.25, -0.2) is 0 Å². The van der Waals surface area contributed by atoms with Gasteiger partial charge in [0.15, 0.2) is 0 Å². The molecule has 1 fully saturated rings. The second kappa shape index (κ2) is 8.62. The third kappa shape index (κ3) is 5.29. The lowest BCUT2D eigenvalue weighted by molar-refractivity contribution is -0.132. The number of piperazine rings is 1. The van der Waals surface area contributed by atoms with Crippen molar-refractivity contribution in [3.8, 4) is 5.75 Å². The minimum atomic E-state index is 0.237. The van der Waals surface area contributed by atoms with E-state index in [0.29, 0.717) is 19.6 Å². The van der Waals surface area contributed by atoms with Crippen LogP contribution in [0.3, 0.4) is 0 Å². The van der Waals surface area contributed by atoms with Crippen LogP contribution in [0, 0.1) is 0 Å². The molecule has 0 unspecified atom stereocenters. The molecule has 0 radical (unpaired) electrons. The van der Waals surface area contributed by atoms with Gasteiger partial charge < -0.3 is 14.5 Å². The number of likely N-dealkylation sites (N-methyl/N-ethyl adjacent to an activating group) is 1. The summed E-state index contributed by atoms with van der Waals surface area (Å²) >= 11 is 0. The van der Waals surface area contributed by atoms with Crippen LogP contribution in [-0.4, -0.2) is 63.9 Å². The Hall–Kier alpha value is -2.41. The van der Waals surface area contributed by atoms with E-state index in [1.807, 2.05) is 41.4 Å². The molecule has 1 amide bonds. The van der Waals surface area contributed by atoms with Gasteiger partial charge in [-0.05, 0) is 25.6 Å². The van der Waals surface area contributed by atoms with Crippen molar-refractivity contribution in [1.82, 2.24) is 24.8 Å². The number of amides is 1. The van der Waals surface area contributed by atoms with Crippen molar-refractivity contribution in [1.29, 1.82) is 0 Å². The first-order valence-corrected chi connectivity index (χ1v) is 8.74. The molecule has 0 spiro atoms. The monoisotopic (exact) mass is 343 g/mol. The first-order chi connectivity index (χ1) is 12.2. The number of hydrogen-bond acceptors (Lipinski definition) is 5. The van der Waals surface area contributed by atoms with Crippen LogP contribution in [0.5, 0.6) is 5.75 Å². The molecule has 1 aliphatic heterocycles. The van der Waals surface area contributed by atoms with Crippen LogP contribution in [-0.2, 0) is 17.9 Å². The predicted octanol–water partition coefficient (Wildman–Crippen LogP) is 1.41. The van der Waals surface area contributed by atoms with Gasteiger partial charge in [-0.1, -0.05) is 23.4 Å². The number of carbonyl (C=O) groups is 1. The third-order valence-electron chi connectivity index (χ3n) is 4.35. The van der Waals surface area contributed by atoms with E-state index in [1.54, 1.807) is 4.68 Å². The molecule has 1 aromatic carbocycles. The fourth-order valence-corrected chi connectivity index (χ4v) is 2.79. The molecule has 1 aliphatic rings. The summed E-state index contributed by atoms with van der Waals surface area (Å²) in [6.07, 6.45) is 3.20. The Bertz CT molecular complexity index is 665. The summed E-state index contributed by atoms with van der Waals surface area (Å²) in [5, 5.41) is 8.22. The first kappa shape index (κ1) is 17.4. The number of ether oxygens (including phenoxy) is 1. The van der Waals surface area contributed by atoms with Crippen molar-refractivity contribution in [3.63, 3.8) is 0 Å². The Kier molecular flexibility index (Phi) is 6.00. The third-order valence-corrected chi connectivity index (χ3v) is 4.35. The molecule has 1 aromatic heterocycles. The van der Waals surface area contributed by atoms with E-state index in [0.717, 1.165) is 44.0 Å². The van der Waals surface area contributed by atoms with Crippen molar-refractivity contribution < 1.29 is 9.53 Å². The van der Waals surface area contributed by atoms with Crippen LogP contribution in [0.4, 0.5) is 0 Å².